The van der Waals surface area contributed by atoms with E-state index in [1.165, 1.54) is 16.5 Å². The van der Waals surface area contributed by atoms with E-state index in [9.17, 15) is 13.5 Å². The van der Waals surface area contributed by atoms with Gasteiger partial charge >= 0.3 is 0 Å². The predicted octanol–water partition coefficient (Wildman–Crippen LogP) is 2.12. The highest BCUT2D eigenvalue weighted by atomic mass is 32.2. The number of nitrogens with zero attached hydrogens (tertiary/aromatic N) is 6. The van der Waals surface area contributed by atoms with Crippen molar-refractivity contribution in [3.05, 3.63) is 65.9 Å². The SMILES string of the molecule is Cc1ccc(S(=O)(=O)n2ccc3c(N(C)[C@@H]4CCc5cc(CO)nn5C4)ncnc32)cc1. The summed E-state index contributed by atoms with van der Waals surface area (Å²) in [6, 6.07) is 10.6. The first-order chi connectivity index (χ1) is 15.4. The lowest BCUT2D eigenvalue weighted by molar-refractivity contribution is 0.274. The van der Waals surface area contributed by atoms with Crippen LogP contribution in [0.4, 0.5) is 5.82 Å². The van der Waals surface area contributed by atoms with Gasteiger partial charge in [-0.05, 0) is 44.0 Å². The smallest absolute Gasteiger partial charge is 0.269 e. The van der Waals surface area contributed by atoms with Gasteiger partial charge in [0.05, 0.1) is 35.2 Å². The second-order valence-electron chi connectivity index (χ2n) is 8.13. The topological polar surface area (TPSA) is 106 Å². The lowest BCUT2D eigenvalue weighted by atomic mass is 10.0. The van der Waals surface area contributed by atoms with Crippen LogP contribution in [0.1, 0.15) is 23.4 Å². The van der Waals surface area contributed by atoms with Crippen LogP contribution in [0, 0.1) is 6.92 Å². The van der Waals surface area contributed by atoms with E-state index in [1.54, 1.807) is 30.3 Å². The van der Waals surface area contributed by atoms with Crippen LogP contribution < -0.4 is 4.90 Å². The molecule has 166 valence electrons. The van der Waals surface area contributed by atoms with Crippen LogP contribution in [0.2, 0.25) is 0 Å². The summed E-state index contributed by atoms with van der Waals surface area (Å²) in [5.41, 5.74) is 3.13. The van der Waals surface area contributed by atoms with Crippen LogP contribution in [0.3, 0.4) is 0 Å². The molecule has 1 atom stereocenters. The highest BCUT2D eigenvalue weighted by molar-refractivity contribution is 7.90. The Hall–Kier alpha value is -3.24. The zero-order chi connectivity index (χ0) is 22.5. The van der Waals surface area contributed by atoms with E-state index in [-0.39, 0.29) is 17.5 Å². The van der Waals surface area contributed by atoms with E-state index in [0.29, 0.717) is 29.1 Å². The number of hydrogen-bond acceptors (Lipinski definition) is 7. The molecule has 10 heteroatoms. The van der Waals surface area contributed by atoms with E-state index in [1.807, 2.05) is 24.7 Å². The molecule has 0 saturated carbocycles. The van der Waals surface area contributed by atoms with Gasteiger partial charge in [0.15, 0.2) is 5.65 Å². The van der Waals surface area contributed by atoms with Gasteiger partial charge in [0.25, 0.3) is 10.0 Å². The minimum Gasteiger partial charge on any atom is -0.390 e. The van der Waals surface area contributed by atoms with E-state index in [0.717, 1.165) is 24.1 Å². The fraction of sp³-hybridized carbons (Fsp3) is 0.318. The monoisotopic (exact) mass is 452 g/mol. The van der Waals surface area contributed by atoms with Crippen molar-refractivity contribution in [1.82, 2.24) is 23.7 Å². The standard InChI is InChI=1S/C22H24N6O3S/c1-15-3-7-19(8-4-15)32(30,31)28-10-9-20-21(23-14-24-22(20)28)26(2)18-6-5-17-11-16(13-29)25-27(17)12-18/h3-4,7-11,14,18,29H,5-6,12-13H2,1-2H3/t18-/m1/s1. The Kier molecular flexibility index (Phi) is 4.98. The van der Waals surface area contributed by atoms with Gasteiger partial charge in [0.2, 0.25) is 0 Å². The number of aliphatic hydroxyl groups excluding tert-OH is 1. The van der Waals surface area contributed by atoms with E-state index in [2.05, 4.69) is 20.0 Å². The molecule has 0 fully saturated rings. The second kappa shape index (κ2) is 7.72. The Bertz CT molecular complexity index is 1390. The Morgan fingerprint density at radius 1 is 1.19 bits per heavy atom. The van der Waals surface area contributed by atoms with Gasteiger partial charge in [-0.25, -0.2) is 22.4 Å². The summed E-state index contributed by atoms with van der Waals surface area (Å²) in [6.07, 6.45) is 4.69. The van der Waals surface area contributed by atoms with Gasteiger partial charge < -0.3 is 10.0 Å². The number of aromatic nitrogens is 5. The molecule has 0 bridgehead atoms. The minimum absolute atomic E-state index is 0.0734. The molecule has 1 aliphatic rings. The Balaban J connectivity index is 1.50. The first-order valence-corrected chi connectivity index (χ1v) is 11.9. The molecule has 1 N–H and O–H groups in total. The molecular weight excluding hydrogens is 428 g/mol. The van der Waals surface area contributed by atoms with Gasteiger partial charge in [0.1, 0.15) is 12.1 Å². The number of likely N-dealkylation sites (N-methyl/N-ethyl adjacent to an activating group) is 1. The molecule has 4 aromatic rings. The first kappa shape index (κ1) is 20.7. The number of anilines is 1. The molecule has 0 radical (unpaired) electrons. The Labute approximate surface area is 186 Å². The molecule has 1 aliphatic heterocycles. The maximum Gasteiger partial charge on any atom is 0.269 e. The first-order valence-electron chi connectivity index (χ1n) is 10.4. The van der Waals surface area contributed by atoms with Crippen molar-refractivity contribution in [2.24, 2.45) is 0 Å². The normalized spacial score (nSPS) is 16.3. The molecule has 1 aromatic carbocycles. The fourth-order valence-electron chi connectivity index (χ4n) is 4.26. The molecule has 0 saturated heterocycles. The van der Waals surface area contributed by atoms with Crippen molar-refractivity contribution < 1.29 is 13.5 Å². The van der Waals surface area contributed by atoms with Gasteiger partial charge in [0, 0.05) is 18.9 Å². The van der Waals surface area contributed by atoms with E-state index >= 15 is 0 Å². The summed E-state index contributed by atoms with van der Waals surface area (Å²) in [5.74, 6) is 0.677. The second-order valence-corrected chi connectivity index (χ2v) is 9.95. The highest BCUT2D eigenvalue weighted by Gasteiger charge is 2.27. The number of benzene rings is 1. The summed E-state index contributed by atoms with van der Waals surface area (Å²) in [7, 11) is -1.82. The molecular formula is C22H24N6O3S. The molecule has 9 nitrogen and oxygen atoms in total. The van der Waals surface area contributed by atoms with Crippen LogP contribution in [-0.4, -0.2) is 50.3 Å². The summed E-state index contributed by atoms with van der Waals surface area (Å²) >= 11 is 0. The lowest BCUT2D eigenvalue weighted by Crippen LogP contribution is -2.39. The fourth-order valence-corrected chi connectivity index (χ4v) is 5.56. The molecule has 32 heavy (non-hydrogen) atoms. The Morgan fingerprint density at radius 2 is 1.97 bits per heavy atom. The summed E-state index contributed by atoms with van der Waals surface area (Å²) in [4.78, 5) is 11.0. The van der Waals surface area contributed by atoms with Gasteiger partial charge in [-0.1, -0.05) is 17.7 Å². The molecule has 3 aromatic heterocycles. The summed E-state index contributed by atoms with van der Waals surface area (Å²) < 4.78 is 29.6. The number of aryl methyl sites for hydroxylation is 2. The Morgan fingerprint density at radius 3 is 2.72 bits per heavy atom. The molecule has 0 amide bonds. The van der Waals surface area contributed by atoms with Crippen molar-refractivity contribution in [1.29, 1.82) is 0 Å². The van der Waals surface area contributed by atoms with Crippen LogP contribution in [0.25, 0.3) is 11.0 Å². The van der Waals surface area contributed by atoms with Crippen molar-refractivity contribution in [2.75, 3.05) is 11.9 Å². The molecule has 5 rings (SSSR count). The van der Waals surface area contributed by atoms with Crippen molar-refractivity contribution in [3.8, 4) is 0 Å². The molecule has 0 unspecified atom stereocenters. The third kappa shape index (κ3) is 3.35. The van der Waals surface area contributed by atoms with Crippen LogP contribution in [-0.2, 0) is 29.6 Å². The maximum absolute atomic E-state index is 13.2. The lowest BCUT2D eigenvalue weighted by Gasteiger charge is -2.32. The zero-order valence-corrected chi connectivity index (χ0v) is 18.7. The van der Waals surface area contributed by atoms with Gasteiger partial charge in [-0.2, -0.15) is 5.10 Å². The molecule has 0 spiro atoms. The molecule has 4 heterocycles. The average Bonchev–Trinajstić information content (AvgIpc) is 3.42. The minimum atomic E-state index is -3.78. The summed E-state index contributed by atoms with van der Waals surface area (Å²) in [6.45, 7) is 2.51. The van der Waals surface area contributed by atoms with Crippen LogP contribution in [0.5, 0.6) is 0 Å². The van der Waals surface area contributed by atoms with Crippen molar-refractivity contribution in [2.45, 2.75) is 43.9 Å². The van der Waals surface area contributed by atoms with E-state index in [4.69, 9.17) is 0 Å². The third-order valence-electron chi connectivity index (χ3n) is 6.08. The third-order valence-corrected chi connectivity index (χ3v) is 7.76. The number of fused-ring (bicyclic) bond motifs is 2. The largest absolute Gasteiger partial charge is 0.390 e. The molecule has 0 aliphatic carbocycles. The summed E-state index contributed by atoms with van der Waals surface area (Å²) in [5, 5.41) is 14.5. The van der Waals surface area contributed by atoms with E-state index < -0.39 is 10.0 Å². The van der Waals surface area contributed by atoms with Crippen LogP contribution >= 0.6 is 0 Å². The average molecular weight is 453 g/mol. The number of aliphatic hydroxyl groups is 1. The maximum atomic E-state index is 13.2. The van der Waals surface area contributed by atoms with Gasteiger partial charge in [-0.15, -0.1) is 0 Å². The van der Waals surface area contributed by atoms with Gasteiger partial charge in [-0.3, -0.25) is 4.68 Å². The van der Waals surface area contributed by atoms with Crippen molar-refractivity contribution >= 4 is 26.9 Å². The predicted molar refractivity (Wildman–Crippen MR) is 120 cm³/mol. The number of rotatable bonds is 5. The number of hydrogen-bond donors (Lipinski definition) is 1. The van der Waals surface area contributed by atoms with Crippen LogP contribution in [0.15, 0.2) is 53.8 Å². The zero-order valence-electron chi connectivity index (χ0n) is 17.9. The highest BCUT2D eigenvalue weighted by Crippen LogP contribution is 2.29. The van der Waals surface area contributed by atoms with Crippen molar-refractivity contribution in [3.63, 3.8) is 0 Å². The quantitative estimate of drug-likeness (QED) is 0.494.